The van der Waals surface area contributed by atoms with Crippen LogP contribution >= 0.6 is 0 Å². The Labute approximate surface area is 123 Å². The summed E-state index contributed by atoms with van der Waals surface area (Å²) in [4.78, 5) is 2.44. The number of hydrogen-bond donors (Lipinski definition) is 1. The molecule has 0 aliphatic carbocycles. The normalized spacial score (nSPS) is 23.4. The molecule has 0 amide bonds. The Morgan fingerprint density at radius 1 is 1.25 bits per heavy atom. The minimum absolute atomic E-state index is 0.307. The van der Waals surface area contributed by atoms with Gasteiger partial charge in [-0.15, -0.1) is 0 Å². The molecule has 0 radical (unpaired) electrons. The van der Waals surface area contributed by atoms with Crippen molar-refractivity contribution >= 4 is 5.69 Å². The second-order valence-corrected chi connectivity index (χ2v) is 6.31. The minimum Gasteiger partial charge on any atom is -0.372 e. The van der Waals surface area contributed by atoms with Gasteiger partial charge in [0.15, 0.2) is 0 Å². The maximum atomic E-state index is 5.81. The summed E-state index contributed by atoms with van der Waals surface area (Å²) in [6.45, 7) is 13.8. The first-order valence-electron chi connectivity index (χ1n) is 7.69. The van der Waals surface area contributed by atoms with Gasteiger partial charge in [-0.05, 0) is 44.0 Å². The third kappa shape index (κ3) is 3.97. The van der Waals surface area contributed by atoms with Gasteiger partial charge in [-0.3, -0.25) is 0 Å². The SMILES string of the molecule is Cc1cc(N2C[C@@H](C)O[C@@H](C)C2)ccc1CNC(C)C. The number of anilines is 1. The molecule has 1 aliphatic rings. The van der Waals surface area contributed by atoms with Gasteiger partial charge >= 0.3 is 0 Å². The van der Waals surface area contributed by atoms with Crippen LogP contribution in [-0.4, -0.2) is 31.3 Å². The fourth-order valence-electron chi connectivity index (χ4n) is 2.78. The molecule has 2 atom stereocenters. The van der Waals surface area contributed by atoms with E-state index in [2.05, 4.69) is 63.0 Å². The smallest absolute Gasteiger partial charge is 0.0726 e. The lowest BCUT2D eigenvalue weighted by Gasteiger charge is -2.37. The largest absolute Gasteiger partial charge is 0.372 e. The van der Waals surface area contributed by atoms with Crippen LogP contribution in [0.3, 0.4) is 0 Å². The van der Waals surface area contributed by atoms with E-state index in [0.717, 1.165) is 19.6 Å². The molecular weight excluding hydrogens is 248 g/mol. The Balaban J connectivity index is 2.08. The predicted molar refractivity (Wildman–Crippen MR) is 85.4 cm³/mol. The molecule has 1 aromatic carbocycles. The average Bonchev–Trinajstić information content (AvgIpc) is 2.35. The van der Waals surface area contributed by atoms with E-state index in [0.29, 0.717) is 18.2 Å². The van der Waals surface area contributed by atoms with E-state index >= 15 is 0 Å². The van der Waals surface area contributed by atoms with Crippen molar-refractivity contribution in [2.24, 2.45) is 0 Å². The molecule has 1 heterocycles. The van der Waals surface area contributed by atoms with E-state index in [9.17, 15) is 0 Å². The van der Waals surface area contributed by atoms with Crippen LogP contribution in [0, 0.1) is 6.92 Å². The lowest BCUT2D eigenvalue weighted by atomic mass is 10.1. The van der Waals surface area contributed by atoms with Crippen molar-refractivity contribution < 1.29 is 4.74 Å². The van der Waals surface area contributed by atoms with Crippen molar-refractivity contribution in [1.29, 1.82) is 0 Å². The Hall–Kier alpha value is -1.06. The summed E-state index contributed by atoms with van der Waals surface area (Å²) < 4.78 is 5.81. The van der Waals surface area contributed by atoms with Gasteiger partial charge in [-0.2, -0.15) is 0 Å². The second kappa shape index (κ2) is 6.59. The van der Waals surface area contributed by atoms with Crippen LogP contribution in [0.25, 0.3) is 0 Å². The molecule has 0 unspecified atom stereocenters. The van der Waals surface area contributed by atoms with Crippen LogP contribution in [0.1, 0.15) is 38.8 Å². The second-order valence-electron chi connectivity index (χ2n) is 6.31. The van der Waals surface area contributed by atoms with E-state index in [1.54, 1.807) is 0 Å². The third-order valence-corrected chi connectivity index (χ3v) is 3.81. The van der Waals surface area contributed by atoms with E-state index in [1.807, 2.05) is 0 Å². The number of benzene rings is 1. The maximum absolute atomic E-state index is 5.81. The van der Waals surface area contributed by atoms with Crippen molar-refractivity contribution in [2.45, 2.75) is 59.4 Å². The van der Waals surface area contributed by atoms with Crippen molar-refractivity contribution in [3.63, 3.8) is 0 Å². The third-order valence-electron chi connectivity index (χ3n) is 3.81. The summed E-state index contributed by atoms with van der Waals surface area (Å²) in [7, 11) is 0. The monoisotopic (exact) mass is 276 g/mol. The molecule has 1 N–H and O–H groups in total. The molecule has 20 heavy (non-hydrogen) atoms. The summed E-state index contributed by atoms with van der Waals surface area (Å²) in [6, 6.07) is 7.33. The van der Waals surface area contributed by atoms with Gasteiger partial charge in [0.05, 0.1) is 12.2 Å². The first-order valence-corrected chi connectivity index (χ1v) is 7.69. The van der Waals surface area contributed by atoms with Gasteiger partial charge in [0, 0.05) is 31.4 Å². The number of ether oxygens (including phenoxy) is 1. The lowest BCUT2D eigenvalue weighted by molar-refractivity contribution is -0.00522. The van der Waals surface area contributed by atoms with E-state index in [-0.39, 0.29) is 0 Å². The fraction of sp³-hybridized carbons (Fsp3) is 0.647. The molecule has 0 saturated carbocycles. The molecule has 1 aromatic rings. The Kier molecular flexibility index (Phi) is 5.06. The van der Waals surface area contributed by atoms with E-state index in [1.165, 1.54) is 16.8 Å². The van der Waals surface area contributed by atoms with E-state index < -0.39 is 0 Å². The van der Waals surface area contributed by atoms with Gasteiger partial charge in [0.2, 0.25) is 0 Å². The molecular formula is C17H28N2O. The van der Waals surface area contributed by atoms with E-state index in [4.69, 9.17) is 4.74 Å². The first-order chi connectivity index (χ1) is 9.45. The zero-order valence-electron chi connectivity index (χ0n) is 13.4. The number of morpholine rings is 1. The molecule has 3 nitrogen and oxygen atoms in total. The number of rotatable bonds is 4. The van der Waals surface area contributed by atoms with Crippen LogP contribution in [0.4, 0.5) is 5.69 Å². The van der Waals surface area contributed by atoms with Gasteiger partial charge < -0.3 is 15.0 Å². The summed E-state index contributed by atoms with van der Waals surface area (Å²) in [5, 5.41) is 3.48. The number of aryl methyl sites for hydroxylation is 1. The molecule has 1 saturated heterocycles. The lowest BCUT2D eigenvalue weighted by Crippen LogP contribution is -2.45. The van der Waals surface area contributed by atoms with Gasteiger partial charge in [-0.1, -0.05) is 19.9 Å². The predicted octanol–water partition coefficient (Wildman–Crippen LogP) is 3.11. The molecule has 1 aliphatic heterocycles. The van der Waals surface area contributed by atoms with Crippen molar-refractivity contribution in [2.75, 3.05) is 18.0 Å². The molecule has 112 valence electrons. The molecule has 0 aromatic heterocycles. The highest BCUT2D eigenvalue weighted by Crippen LogP contribution is 2.23. The summed E-state index contributed by atoms with van der Waals surface area (Å²) >= 11 is 0. The van der Waals surface area contributed by atoms with Crippen LogP contribution in [0.2, 0.25) is 0 Å². The number of hydrogen-bond acceptors (Lipinski definition) is 3. The minimum atomic E-state index is 0.307. The van der Waals surface area contributed by atoms with Gasteiger partial charge in [0.1, 0.15) is 0 Å². The summed E-state index contributed by atoms with van der Waals surface area (Å²) in [6.07, 6.45) is 0.614. The van der Waals surface area contributed by atoms with Gasteiger partial charge in [0.25, 0.3) is 0 Å². The molecule has 3 heteroatoms. The average molecular weight is 276 g/mol. The molecule has 0 bridgehead atoms. The van der Waals surface area contributed by atoms with Crippen molar-refractivity contribution in [3.8, 4) is 0 Å². The van der Waals surface area contributed by atoms with Crippen molar-refractivity contribution in [1.82, 2.24) is 5.32 Å². The highest BCUT2D eigenvalue weighted by Gasteiger charge is 2.22. The highest BCUT2D eigenvalue weighted by atomic mass is 16.5. The number of nitrogens with zero attached hydrogens (tertiary/aromatic N) is 1. The Morgan fingerprint density at radius 3 is 2.45 bits per heavy atom. The molecule has 0 spiro atoms. The quantitative estimate of drug-likeness (QED) is 0.914. The Morgan fingerprint density at radius 2 is 1.90 bits per heavy atom. The topological polar surface area (TPSA) is 24.5 Å². The summed E-state index contributed by atoms with van der Waals surface area (Å²) in [5.41, 5.74) is 4.07. The standard InChI is InChI=1S/C17H28N2O/c1-12(2)18-9-16-6-7-17(8-13(16)3)19-10-14(4)20-15(5)11-19/h6-8,12,14-15,18H,9-11H2,1-5H3/t14-,15+. The Bertz CT molecular complexity index is 435. The number of nitrogens with one attached hydrogen (secondary N) is 1. The summed E-state index contributed by atoms with van der Waals surface area (Å²) in [5.74, 6) is 0. The maximum Gasteiger partial charge on any atom is 0.0726 e. The molecule has 2 rings (SSSR count). The molecule has 1 fully saturated rings. The van der Waals surface area contributed by atoms with Crippen LogP contribution in [0.15, 0.2) is 18.2 Å². The first kappa shape index (κ1) is 15.3. The zero-order valence-corrected chi connectivity index (χ0v) is 13.4. The fourth-order valence-corrected chi connectivity index (χ4v) is 2.78. The van der Waals surface area contributed by atoms with Gasteiger partial charge in [-0.25, -0.2) is 0 Å². The zero-order chi connectivity index (χ0) is 14.7. The van der Waals surface area contributed by atoms with Crippen LogP contribution in [-0.2, 0) is 11.3 Å². The van der Waals surface area contributed by atoms with Crippen LogP contribution in [0.5, 0.6) is 0 Å². The van der Waals surface area contributed by atoms with Crippen molar-refractivity contribution in [3.05, 3.63) is 29.3 Å². The van der Waals surface area contributed by atoms with Crippen LogP contribution < -0.4 is 10.2 Å². The highest BCUT2D eigenvalue weighted by molar-refractivity contribution is 5.51.